The molecule has 0 amide bonds. The molecule has 3 nitrogen and oxygen atoms in total. The maximum Gasteiger partial charge on any atom is 0.137 e. The summed E-state index contributed by atoms with van der Waals surface area (Å²) in [5.74, 6) is 1.76. The first-order chi connectivity index (χ1) is 9.31. The molecule has 0 N–H and O–H groups in total. The van der Waals surface area contributed by atoms with Gasteiger partial charge in [-0.05, 0) is 29.3 Å². The summed E-state index contributed by atoms with van der Waals surface area (Å²) < 4.78 is 11.1. The molecule has 0 fully saturated rings. The number of hydrogen-bond donors (Lipinski definition) is 0. The second-order valence-electron chi connectivity index (χ2n) is 4.46. The molecule has 0 unspecified atom stereocenters. The third-order valence-corrected chi connectivity index (χ3v) is 3.34. The van der Waals surface area contributed by atoms with Gasteiger partial charge in [0, 0.05) is 12.8 Å². The van der Waals surface area contributed by atoms with Crippen LogP contribution in [0, 0.1) is 0 Å². The van der Waals surface area contributed by atoms with E-state index in [1.165, 1.54) is 11.1 Å². The Hall–Kier alpha value is -1.74. The van der Waals surface area contributed by atoms with E-state index in [-0.39, 0.29) is 0 Å². The lowest BCUT2D eigenvalue weighted by Gasteiger charge is -2.07. The molecule has 0 radical (unpaired) electrons. The number of nitrogens with zero attached hydrogens (tertiary/aromatic N) is 1. The van der Waals surface area contributed by atoms with Crippen LogP contribution in [0.3, 0.4) is 0 Å². The fourth-order valence-electron chi connectivity index (χ4n) is 2.13. The first-order valence-electron chi connectivity index (χ1n) is 6.30. The zero-order valence-electron chi connectivity index (χ0n) is 10.4. The zero-order chi connectivity index (χ0) is 13.1. The summed E-state index contributed by atoms with van der Waals surface area (Å²) in [7, 11) is 0. The Morgan fingerprint density at radius 1 is 1.26 bits per heavy atom. The van der Waals surface area contributed by atoms with E-state index in [0.717, 1.165) is 30.9 Å². The molecule has 2 aromatic rings. The molecule has 1 aliphatic rings. The van der Waals surface area contributed by atoms with Gasteiger partial charge < -0.3 is 9.47 Å². The molecule has 0 spiro atoms. The van der Waals surface area contributed by atoms with Gasteiger partial charge in [-0.1, -0.05) is 23.7 Å². The number of pyridine rings is 1. The van der Waals surface area contributed by atoms with E-state index < -0.39 is 0 Å². The van der Waals surface area contributed by atoms with Crippen LogP contribution in [0.4, 0.5) is 0 Å². The highest BCUT2D eigenvalue weighted by Gasteiger charge is 2.11. The van der Waals surface area contributed by atoms with Crippen molar-refractivity contribution in [1.82, 2.24) is 4.98 Å². The fraction of sp³-hybridized carbons (Fsp3) is 0.267. The van der Waals surface area contributed by atoms with E-state index in [4.69, 9.17) is 21.1 Å². The summed E-state index contributed by atoms with van der Waals surface area (Å²) in [6, 6.07) is 9.89. The summed E-state index contributed by atoms with van der Waals surface area (Å²) >= 11 is 5.72. The maximum absolute atomic E-state index is 5.72. The van der Waals surface area contributed by atoms with Crippen LogP contribution < -0.4 is 9.47 Å². The number of fused-ring (bicyclic) bond motifs is 1. The van der Waals surface area contributed by atoms with Crippen molar-refractivity contribution >= 4 is 11.6 Å². The number of halogens is 1. The molecule has 0 atom stereocenters. The Bertz CT molecular complexity index is 569. The second kappa shape index (κ2) is 5.49. The van der Waals surface area contributed by atoms with Gasteiger partial charge in [0.25, 0.3) is 0 Å². The van der Waals surface area contributed by atoms with Crippen molar-refractivity contribution in [3.05, 3.63) is 52.8 Å². The van der Waals surface area contributed by atoms with Crippen molar-refractivity contribution in [3.8, 4) is 11.5 Å². The van der Waals surface area contributed by atoms with Gasteiger partial charge in [0.2, 0.25) is 0 Å². The van der Waals surface area contributed by atoms with Crippen molar-refractivity contribution in [3.63, 3.8) is 0 Å². The summed E-state index contributed by atoms with van der Waals surface area (Å²) in [6.45, 7) is 1.43. The average molecular weight is 276 g/mol. The largest absolute Gasteiger partial charge is 0.493 e. The minimum Gasteiger partial charge on any atom is -0.493 e. The van der Waals surface area contributed by atoms with Gasteiger partial charge in [-0.3, -0.25) is 0 Å². The zero-order valence-corrected chi connectivity index (χ0v) is 11.2. The van der Waals surface area contributed by atoms with Gasteiger partial charge in [0.1, 0.15) is 16.7 Å². The number of benzene rings is 1. The third kappa shape index (κ3) is 2.99. The fourth-order valence-corrected chi connectivity index (χ4v) is 2.24. The van der Waals surface area contributed by atoms with Crippen LogP contribution in [-0.4, -0.2) is 18.2 Å². The van der Waals surface area contributed by atoms with E-state index >= 15 is 0 Å². The van der Waals surface area contributed by atoms with Crippen LogP contribution >= 0.6 is 11.6 Å². The molecule has 0 bridgehead atoms. The summed E-state index contributed by atoms with van der Waals surface area (Å²) in [5, 5.41) is 0.478. The highest BCUT2D eigenvalue weighted by molar-refractivity contribution is 6.29. The smallest absolute Gasteiger partial charge is 0.137 e. The summed E-state index contributed by atoms with van der Waals surface area (Å²) in [4.78, 5) is 3.98. The molecule has 0 aliphatic carbocycles. The Labute approximate surface area is 117 Å². The minimum absolute atomic E-state index is 0.478. The predicted molar refractivity (Wildman–Crippen MR) is 74.1 cm³/mol. The standard InChI is InChI=1S/C15H14ClNO2/c16-15-4-2-13(10-17-15)18-7-5-11-1-3-14-12(9-11)6-8-19-14/h1-4,9-10H,5-8H2. The number of hydrogen-bond acceptors (Lipinski definition) is 3. The van der Waals surface area contributed by atoms with E-state index in [2.05, 4.69) is 17.1 Å². The highest BCUT2D eigenvalue weighted by Crippen LogP contribution is 2.26. The summed E-state index contributed by atoms with van der Waals surface area (Å²) in [6.07, 6.45) is 3.51. The van der Waals surface area contributed by atoms with Gasteiger partial charge in [-0.15, -0.1) is 0 Å². The maximum atomic E-state index is 5.72. The molecule has 98 valence electrons. The van der Waals surface area contributed by atoms with Gasteiger partial charge >= 0.3 is 0 Å². The quantitative estimate of drug-likeness (QED) is 0.803. The van der Waals surface area contributed by atoms with Crippen LogP contribution in [0.25, 0.3) is 0 Å². The molecule has 19 heavy (non-hydrogen) atoms. The predicted octanol–water partition coefficient (Wildman–Crippen LogP) is 3.29. The Morgan fingerprint density at radius 3 is 3.05 bits per heavy atom. The molecular formula is C15H14ClNO2. The molecule has 3 rings (SSSR count). The van der Waals surface area contributed by atoms with Crippen LogP contribution in [0.15, 0.2) is 36.5 Å². The topological polar surface area (TPSA) is 31.4 Å². The number of rotatable bonds is 4. The highest BCUT2D eigenvalue weighted by atomic mass is 35.5. The monoisotopic (exact) mass is 275 g/mol. The summed E-state index contributed by atoms with van der Waals surface area (Å²) in [5.41, 5.74) is 2.57. The van der Waals surface area contributed by atoms with E-state index in [1.54, 1.807) is 12.3 Å². The van der Waals surface area contributed by atoms with Crippen LogP contribution in [-0.2, 0) is 12.8 Å². The van der Waals surface area contributed by atoms with Crippen molar-refractivity contribution in [1.29, 1.82) is 0 Å². The van der Waals surface area contributed by atoms with Crippen molar-refractivity contribution in [2.75, 3.05) is 13.2 Å². The number of aromatic nitrogens is 1. The van der Waals surface area contributed by atoms with Crippen LogP contribution in [0.1, 0.15) is 11.1 Å². The van der Waals surface area contributed by atoms with Gasteiger partial charge in [0.15, 0.2) is 0 Å². The molecule has 4 heteroatoms. The van der Waals surface area contributed by atoms with Gasteiger partial charge in [-0.2, -0.15) is 0 Å². The molecule has 0 saturated carbocycles. The molecule has 0 saturated heterocycles. The molecular weight excluding hydrogens is 262 g/mol. The minimum atomic E-state index is 0.478. The lowest BCUT2D eigenvalue weighted by molar-refractivity contribution is 0.320. The van der Waals surface area contributed by atoms with Crippen molar-refractivity contribution in [2.45, 2.75) is 12.8 Å². The first kappa shape index (κ1) is 12.3. The SMILES string of the molecule is Clc1ccc(OCCc2ccc3c(c2)CCO3)cn1. The van der Waals surface area contributed by atoms with E-state index in [0.29, 0.717) is 11.8 Å². The third-order valence-electron chi connectivity index (χ3n) is 3.11. The second-order valence-corrected chi connectivity index (χ2v) is 4.84. The van der Waals surface area contributed by atoms with Crippen molar-refractivity contribution < 1.29 is 9.47 Å². The lowest BCUT2D eigenvalue weighted by atomic mass is 10.1. The van der Waals surface area contributed by atoms with Gasteiger partial charge in [0.05, 0.1) is 19.4 Å². The Kier molecular flexibility index (Phi) is 3.56. The molecule has 1 aliphatic heterocycles. The number of ether oxygens (including phenoxy) is 2. The van der Waals surface area contributed by atoms with Gasteiger partial charge in [-0.25, -0.2) is 4.98 Å². The molecule has 1 aromatic heterocycles. The van der Waals surface area contributed by atoms with Crippen LogP contribution in [0.2, 0.25) is 5.15 Å². The Morgan fingerprint density at radius 2 is 2.21 bits per heavy atom. The first-order valence-corrected chi connectivity index (χ1v) is 6.68. The van der Waals surface area contributed by atoms with Crippen molar-refractivity contribution in [2.24, 2.45) is 0 Å². The van der Waals surface area contributed by atoms with Crippen LogP contribution in [0.5, 0.6) is 11.5 Å². The molecule has 1 aromatic carbocycles. The molecule has 2 heterocycles. The van der Waals surface area contributed by atoms with E-state index in [1.807, 2.05) is 12.1 Å². The average Bonchev–Trinajstić information content (AvgIpc) is 2.88. The Balaban J connectivity index is 1.56. The normalized spacial score (nSPS) is 12.9. The lowest BCUT2D eigenvalue weighted by Crippen LogP contribution is -2.01. The van der Waals surface area contributed by atoms with E-state index in [9.17, 15) is 0 Å².